The number of benzene rings is 9. The molecular weight excluding hydrogens is 735 g/mol. The maximum Gasteiger partial charge on any atom is 0.0387 e. The van der Waals surface area contributed by atoms with Crippen molar-refractivity contribution >= 4 is 11.4 Å². The summed E-state index contributed by atoms with van der Waals surface area (Å²) in [7, 11) is 0. The van der Waals surface area contributed by atoms with Crippen molar-refractivity contribution in [1.82, 2.24) is 0 Å². The molecule has 0 amide bonds. The lowest BCUT2D eigenvalue weighted by molar-refractivity contribution is 0.657. The molecule has 0 bridgehead atoms. The van der Waals surface area contributed by atoms with Gasteiger partial charge in [-0.25, -0.2) is 0 Å². The molecule has 0 saturated carbocycles. The first-order valence-corrected chi connectivity index (χ1v) is 21.6. The molecule has 0 radical (unpaired) electrons. The minimum absolute atomic E-state index is 0.119. The van der Waals surface area contributed by atoms with Crippen molar-refractivity contribution in [2.45, 2.75) is 38.0 Å². The smallest absolute Gasteiger partial charge is 0.0387 e. The van der Waals surface area contributed by atoms with Crippen LogP contribution in [0.25, 0.3) is 55.6 Å². The lowest BCUT2D eigenvalue weighted by Gasteiger charge is -2.23. The SMILES string of the molecule is CC1(C)c2cc(CCC(c3ccc(-c4ccccc4)cc3)c3ccc(-c4ccccc4)cc3)ccc2-c2ccc(Nc3ccc(-c4cccc(-c5ccccc5)c4)cc3)cc21. The van der Waals surface area contributed by atoms with Crippen molar-refractivity contribution in [3.8, 4) is 55.6 Å². The lowest BCUT2D eigenvalue weighted by Crippen LogP contribution is -2.15. The summed E-state index contributed by atoms with van der Waals surface area (Å²) in [6, 6.07) is 82.1. The van der Waals surface area contributed by atoms with Crippen LogP contribution < -0.4 is 5.32 Å². The first kappa shape index (κ1) is 38.0. The molecule has 9 aromatic carbocycles. The number of anilines is 2. The van der Waals surface area contributed by atoms with Crippen LogP contribution in [0.3, 0.4) is 0 Å². The van der Waals surface area contributed by atoms with Gasteiger partial charge in [0.05, 0.1) is 0 Å². The minimum atomic E-state index is -0.119. The van der Waals surface area contributed by atoms with Gasteiger partial charge in [0.15, 0.2) is 0 Å². The Morgan fingerprint density at radius 1 is 0.361 bits per heavy atom. The van der Waals surface area contributed by atoms with E-state index in [4.69, 9.17) is 0 Å². The largest absolute Gasteiger partial charge is 0.356 e. The van der Waals surface area contributed by atoms with Crippen molar-refractivity contribution in [3.05, 3.63) is 252 Å². The quantitative estimate of drug-likeness (QED) is 0.138. The van der Waals surface area contributed by atoms with Crippen molar-refractivity contribution < 1.29 is 0 Å². The third-order valence-corrected chi connectivity index (χ3v) is 12.8. The molecule has 0 unspecified atom stereocenters. The van der Waals surface area contributed by atoms with Crippen molar-refractivity contribution in [1.29, 1.82) is 0 Å². The highest BCUT2D eigenvalue weighted by Crippen LogP contribution is 2.50. The lowest BCUT2D eigenvalue weighted by atomic mass is 9.81. The number of nitrogens with one attached hydrogen (secondary N) is 1. The minimum Gasteiger partial charge on any atom is -0.356 e. The highest BCUT2D eigenvalue weighted by atomic mass is 14.9. The van der Waals surface area contributed by atoms with Gasteiger partial charge in [-0.3, -0.25) is 0 Å². The van der Waals surface area contributed by atoms with E-state index in [2.05, 4.69) is 244 Å². The standard InChI is InChI=1S/C60H49N/c1-60(2)58-39-42(21-36-55(49-27-23-46(24-28-49)43-13-6-3-7-14-43)50-29-25-47(26-30-50)44-15-8-4-9-16-44)22-37-56(58)57-38-35-54(41-59(57)60)61-53-33-31-48(32-34-53)52-20-12-19-51(40-52)45-17-10-5-11-18-45/h3-20,22-35,37-41,55,61H,21,36H2,1-2H3. The van der Waals surface area contributed by atoms with E-state index in [1.54, 1.807) is 0 Å². The predicted octanol–water partition coefficient (Wildman–Crippen LogP) is 16.2. The van der Waals surface area contributed by atoms with E-state index in [1.165, 1.54) is 83.5 Å². The van der Waals surface area contributed by atoms with E-state index in [9.17, 15) is 0 Å². The molecule has 1 nitrogen and oxygen atoms in total. The van der Waals surface area contributed by atoms with Gasteiger partial charge in [0, 0.05) is 22.7 Å². The molecule has 10 rings (SSSR count). The molecule has 0 saturated heterocycles. The van der Waals surface area contributed by atoms with Gasteiger partial charge < -0.3 is 5.32 Å². The molecule has 1 aliphatic carbocycles. The number of fused-ring (bicyclic) bond motifs is 3. The molecule has 294 valence electrons. The molecular formula is C60H49N. The van der Waals surface area contributed by atoms with Crippen LogP contribution in [-0.2, 0) is 11.8 Å². The van der Waals surface area contributed by atoms with Gasteiger partial charge in [0.25, 0.3) is 0 Å². The third-order valence-electron chi connectivity index (χ3n) is 12.8. The summed E-state index contributed by atoms with van der Waals surface area (Å²) < 4.78 is 0. The third kappa shape index (κ3) is 7.84. The average Bonchev–Trinajstić information content (AvgIpc) is 3.55. The van der Waals surface area contributed by atoms with Gasteiger partial charge in [-0.1, -0.05) is 208 Å². The summed E-state index contributed by atoms with van der Waals surface area (Å²) in [5, 5.41) is 3.71. The van der Waals surface area contributed by atoms with Crippen LogP contribution in [0.1, 0.15) is 54.0 Å². The Hall–Kier alpha value is -7.22. The van der Waals surface area contributed by atoms with Crippen LogP contribution in [0.5, 0.6) is 0 Å². The zero-order valence-corrected chi connectivity index (χ0v) is 34.9. The molecule has 0 aromatic heterocycles. The number of hydrogen-bond acceptors (Lipinski definition) is 1. The van der Waals surface area contributed by atoms with Crippen molar-refractivity contribution in [2.75, 3.05) is 5.32 Å². The molecule has 1 heteroatoms. The van der Waals surface area contributed by atoms with Crippen molar-refractivity contribution in [2.24, 2.45) is 0 Å². The van der Waals surface area contributed by atoms with E-state index >= 15 is 0 Å². The normalized spacial score (nSPS) is 12.5. The van der Waals surface area contributed by atoms with Crippen LogP contribution in [0.15, 0.2) is 224 Å². The fraction of sp³-hybridized carbons (Fsp3) is 0.100. The maximum absolute atomic E-state index is 3.71. The summed E-state index contributed by atoms with van der Waals surface area (Å²) >= 11 is 0. The van der Waals surface area contributed by atoms with Crippen LogP contribution in [0, 0.1) is 0 Å². The van der Waals surface area contributed by atoms with Crippen LogP contribution in [0.2, 0.25) is 0 Å². The van der Waals surface area contributed by atoms with Crippen LogP contribution in [-0.4, -0.2) is 0 Å². The number of aryl methyl sites for hydroxylation is 1. The van der Waals surface area contributed by atoms with E-state index in [1.807, 2.05) is 0 Å². The molecule has 61 heavy (non-hydrogen) atoms. The van der Waals surface area contributed by atoms with Crippen molar-refractivity contribution in [3.63, 3.8) is 0 Å². The summed E-state index contributed by atoms with van der Waals surface area (Å²) in [6.07, 6.45) is 2.01. The molecule has 9 aromatic rings. The van der Waals surface area contributed by atoms with Crippen LogP contribution >= 0.6 is 0 Å². The second-order valence-corrected chi connectivity index (χ2v) is 17.0. The van der Waals surface area contributed by atoms with Gasteiger partial charge >= 0.3 is 0 Å². The van der Waals surface area contributed by atoms with E-state index in [-0.39, 0.29) is 11.3 Å². The molecule has 0 heterocycles. The molecule has 0 fully saturated rings. The molecule has 1 aliphatic rings. The average molecular weight is 784 g/mol. The van der Waals surface area contributed by atoms with Gasteiger partial charge in [-0.2, -0.15) is 0 Å². The van der Waals surface area contributed by atoms with E-state index in [0.29, 0.717) is 0 Å². The fourth-order valence-corrected chi connectivity index (χ4v) is 9.35. The van der Waals surface area contributed by atoms with Crippen LogP contribution in [0.4, 0.5) is 11.4 Å². The topological polar surface area (TPSA) is 12.0 Å². The van der Waals surface area contributed by atoms with Gasteiger partial charge in [-0.05, 0) is 127 Å². The molecule has 0 atom stereocenters. The Bertz CT molecular complexity index is 2830. The molecule has 0 aliphatic heterocycles. The second-order valence-electron chi connectivity index (χ2n) is 17.0. The second kappa shape index (κ2) is 16.4. The Morgan fingerprint density at radius 2 is 0.770 bits per heavy atom. The Balaban J connectivity index is 0.870. The molecule has 0 spiro atoms. The predicted molar refractivity (Wildman–Crippen MR) is 259 cm³/mol. The fourth-order valence-electron chi connectivity index (χ4n) is 9.35. The van der Waals surface area contributed by atoms with E-state index in [0.717, 1.165) is 24.2 Å². The number of rotatable bonds is 11. The first-order chi connectivity index (χ1) is 30.0. The highest BCUT2D eigenvalue weighted by molar-refractivity contribution is 5.83. The Morgan fingerprint density at radius 3 is 1.31 bits per heavy atom. The Kier molecular flexibility index (Phi) is 10.2. The monoisotopic (exact) mass is 783 g/mol. The maximum atomic E-state index is 3.71. The Labute approximate surface area is 361 Å². The zero-order chi connectivity index (χ0) is 41.2. The number of hydrogen-bond donors (Lipinski definition) is 1. The summed E-state index contributed by atoms with van der Waals surface area (Å²) in [5.41, 5.74) is 21.5. The highest BCUT2D eigenvalue weighted by Gasteiger charge is 2.35. The molecule has 1 N–H and O–H groups in total. The summed E-state index contributed by atoms with van der Waals surface area (Å²) in [6.45, 7) is 4.77. The van der Waals surface area contributed by atoms with E-state index < -0.39 is 0 Å². The van der Waals surface area contributed by atoms with Gasteiger partial charge in [-0.15, -0.1) is 0 Å². The first-order valence-electron chi connectivity index (χ1n) is 21.6. The summed E-state index contributed by atoms with van der Waals surface area (Å²) in [5.74, 6) is 0.273. The summed E-state index contributed by atoms with van der Waals surface area (Å²) in [4.78, 5) is 0. The van der Waals surface area contributed by atoms with Gasteiger partial charge in [0.1, 0.15) is 0 Å². The van der Waals surface area contributed by atoms with Gasteiger partial charge in [0.2, 0.25) is 0 Å². The zero-order valence-electron chi connectivity index (χ0n) is 34.9.